The molecule has 4 nitrogen and oxygen atoms in total. The summed E-state index contributed by atoms with van der Waals surface area (Å²) in [5.74, 6) is 1.97. The Bertz CT molecular complexity index is 381. The Hall–Kier alpha value is -1.16. The SMILES string of the molecule is CCC1OCCC1CNc1cc(C(C)C)ncn1. The maximum absolute atomic E-state index is 5.69. The second kappa shape index (κ2) is 6.14. The molecule has 1 aliphatic rings. The Morgan fingerprint density at radius 1 is 1.44 bits per heavy atom. The van der Waals surface area contributed by atoms with Crippen molar-refractivity contribution in [2.75, 3.05) is 18.5 Å². The van der Waals surface area contributed by atoms with E-state index in [1.54, 1.807) is 6.33 Å². The maximum atomic E-state index is 5.69. The molecule has 1 saturated heterocycles. The number of rotatable bonds is 5. The van der Waals surface area contributed by atoms with Crippen LogP contribution in [0.15, 0.2) is 12.4 Å². The van der Waals surface area contributed by atoms with Gasteiger partial charge in [0.1, 0.15) is 12.1 Å². The summed E-state index contributed by atoms with van der Waals surface area (Å²) in [5, 5.41) is 3.42. The lowest BCUT2D eigenvalue weighted by Gasteiger charge is -2.17. The molecule has 18 heavy (non-hydrogen) atoms. The number of aromatic nitrogens is 2. The zero-order valence-electron chi connectivity index (χ0n) is 11.5. The van der Waals surface area contributed by atoms with E-state index >= 15 is 0 Å². The molecule has 2 atom stereocenters. The molecule has 1 aromatic rings. The van der Waals surface area contributed by atoms with Crippen molar-refractivity contribution in [1.29, 1.82) is 0 Å². The highest BCUT2D eigenvalue weighted by atomic mass is 16.5. The number of nitrogens with zero attached hydrogens (tertiary/aromatic N) is 2. The molecule has 2 heterocycles. The van der Waals surface area contributed by atoms with E-state index in [9.17, 15) is 0 Å². The summed E-state index contributed by atoms with van der Waals surface area (Å²) < 4.78 is 5.69. The van der Waals surface area contributed by atoms with Gasteiger partial charge in [-0.2, -0.15) is 0 Å². The second-order valence-corrected chi connectivity index (χ2v) is 5.23. The van der Waals surface area contributed by atoms with Crippen LogP contribution in [0.4, 0.5) is 5.82 Å². The summed E-state index contributed by atoms with van der Waals surface area (Å²) in [4.78, 5) is 8.54. The Kier molecular flexibility index (Phi) is 4.53. The lowest BCUT2D eigenvalue weighted by molar-refractivity contribution is 0.0900. The summed E-state index contributed by atoms with van der Waals surface area (Å²) in [6, 6.07) is 2.04. The molecule has 0 aromatic carbocycles. The summed E-state index contributed by atoms with van der Waals surface area (Å²) in [6.45, 7) is 8.30. The van der Waals surface area contributed by atoms with Crippen LogP contribution in [-0.2, 0) is 4.74 Å². The fourth-order valence-corrected chi connectivity index (χ4v) is 2.40. The third-order valence-corrected chi connectivity index (χ3v) is 3.57. The first-order valence-corrected chi connectivity index (χ1v) is 6.88. The first-order chi connectivity index (χ1) is 8.70. The molecular formula is C14H23N3O. The third-order valence-electron chi connectivity index (χ3n) is 3.57. The average molecular weight is 249 g/mol. The second-order valence-electron chi connectivity index (χ2n) is 5.23. The quantitative estimate of drug-likeness (QED) is 0.871. The van der Waals surface area contributed by atoms with Gasteiger partial charge in [-0.25, -0.2) is 9.97 Å². The number of hydrogen-bond acceptors (Lipinski definition) is 4. The van der Waals surface area contributed by atoms with Crippen molar-refractivity contribution < 1.29 is 4.74 Å². The monoisotopic (exact) mass is 249 g/mol. The lowest BCUT2D eigenvalue weighted by Crippen LogP contribution is -2.23. The molecule has 0 spiro atoms. The molecule has 100 valence electrons. The van der Waals surface area contributed by atoms with Crippen LogP contribution in [0.3, 0.4) is 0 Å². The molecule has 0 bridgehead atoms. The average Bonchev–Trinajstić information content (AvgIpc) is 2.84. The van der Waals surface area contributed by atoms with Crippen molar-refractivity contribution in [3.63, 3.8) is 0 Å². The number of ether oxygens (including phenoxy) is 1. The van der Waals surface area contributed by atoms with Crippen LogP contribution in [0.25, 0.3) is 0 Å². The molecule has 0 saturated carbocycles. The van der Waals surface area contributed by atoms with Gasteiger partial charge in [0.15, 0.2) is 0 Å². The Morgan fingerprint density at radius 3 is 3.00 bits per heavy atom. The maximum Gasteiger partial charge on any atom is 0.129 e. The van der Waals surface area contributed by atoms with E-state index in [-0.39, 0.29) is 0 Å². The smallest absolute Gasteiger partial charge is 0.129 e. The van der Waals surface area contributed by atoms with E-state index in [0.717, 1.165) is 37.5 Å². The topological polar surface area (TPSA) is 47.0 Å². The molecule has 1 aliphatic heterocycles. The largest absolute Gasteiger partial charge is 0.378 e. The van der Waals surface area contributed by atoms with Crippen LogP contribution in [0, 0.1) is 5.92 Å². The normalized spacial score (nSPS) is 23.6. The van der Waals surface area contributed by atoms with E-state index in [1.807, 2.05) is 6.07 Å². The van der Waals surface area contributed by atoms with Gasteiger partial charge in [0.05, 0.1) is 6.10 Å². The van der Waals surface area contributed by atoms with E-state index in [0.29, 0.717) is 17.9 Å². The number of anilines is 1. The highest BCUT2D eigenvalue weighted by Gasteiger charge is 2.26. The minimum Gasteiger partial charge on any atom is -0.378 e. The minimum absolute atomic E-state index is 0.406. The van der Waals surface area contributed by atoms with Crippen molar-refractivity contribution in [1.82, 2.24) is 9.97 Å². The number of nitrogens with one attached hydrogen (secondary N) is 1. The fourth-order valence-electron chi connectivity index (χ4n) is 2.40. The Balaban J connectivity index is 1.91. The van der Waals surface area contributed by atoms with Crippen LogP contribution >= 0.6 is 0 Å². The molecule has 1 aromatic heterocycles. The highest BCUT2D eigenvalue weighted by molar-refractivity contribution is 5.35. The van der Waals surface area contributed by atoms with Gasteiger partial charge in [0.25, 0.3) is 0 Å². The Morgan fingerprint density at radius 2 is 2.28 bits per heavy atom. The predicted octanol–water partition coefficient (Wildman–Crippen LogP) is 2.83. The standard InChI is InChI=1S/C14H23N3O/c1-4-13-11(5-6-18-13)8-15-14-7-12(10(2)3)16-9-17-14/h7,9-11,13H,4-6,8H2,1-3H3,(H,15,16,17). The molecule has 1 N–H and O–H groups in total. The van der Waals surface area contributed by atoms with Gasteiger partial charge in [0.2, 0.25) is 0 Å². The minimum atomic E-state index is 0.406. The lowest BCUT2D eigenvalue weighted by atomic mass is 10.00. The van der Waals surface area contributed by atoms with Crippen LogP contribution < -0.4 is 5.32 Å². The van der Waals surface area contributed by atoms with Crippen molar-refractivity contribution in [3.05, 3.63) is 18.1 Å². The van der Waals surface area contributed by atoms with E-state index in [4.69, 9.17) is 4.74 Å². The van der Waals surface area contributed by atoms with Crippen LogP contribution in [0.5, 0.6) is 0 Å². The van der Waals surface area contributed by atoms with E-state index in [1.165, 1.54) is 0 Å². The summed E-state index contributed by atoms with van der Waals surface area (Å²) >= 11 is 0. The van der Waals surface area contributed by atoms with Gasteiger partial charge in [-0.3, -0.25) is 0 Å². The van der Waals surface area contributed by atoms with Crippen molar-refractivity contribution in [3.8, 4) is 0 Å². The molecule has 0 aliphatic carbocycles. The molecule has 2 unspecified atom stereocenters. The van der Waals surface area contributed by atoms with Gasteiger partial charge < -0.3 is 10.1 Å². The van der Waals surface area contributed by atoms with Crippen molar-refractivity contribution in [2.24, 2.45) is 5.92 Å². The van der Waals surface area contributed by atoms with Gasteiger partial charge >= 0.3 is 0 Å². The molecule has 0 amide bonds. The molecule has 4 heteroatoms. The molecular weight excluding hydrogens is 226 g/mol. The first kappa shape index (κ1) is 13.3. The zero-order valence-corrected chi connectivity index (χ0v) is 11.5. The third kappa shape index (κ3) is 3.19. The van der Waals surface area contributed by atoms with Gasteiger partial charge in [-0.05, 0) is 18.8 Å². The fraction of sp³-hybridized carbons (Fsp3) is 0.714. The van der Waals surface area contributed by atoms with Gasteiger partial charge in [0, 0.05) is 30.8 Å². The van der Waals surface area contributed by atoms with E-state index in [2.05, 4.69) is 36.1 Å². The van der Waals surface area contributed by atoms with Gasteiger partial charge in [-0.15, -0.1) is 0 Å². The molecule has 2 rings (SSSR count). The van der Waals surface area contributed by atoms with Crippen LogP contribution in [0.1, 0.15) is 45.2 Å². The van der Waals surface area contributed by atoms with Crippen LogP contribution in [0.2, 0.25) is 0 Å². The summed E-state index contributed by atoms with van der Waals surface area (Å²) in [5.41, 5.74) is 1.09. The van der Waals surface area contributed by atoms with Crippen molar-refractivity contribution >= 4 is 5.82 Å². The van der Waals surface area contributed by atoms with E-state index < -0.39 is 0 Å². The van der Waals surface area contributed by atoms with Crippen LogP contribution in [-0.4, -0.2) is 29.2 Å². The highest BCUT2D eigenvalue weighted by Crippen LogP contribution is 2.23. The predicted molar refractivity (Wildman–Crippen MR) is 72.7 cm³/mol. The zero-order chi connectivity index (χ0) is 13.0. The van der Waals surface area contributed by atoms with Crippen molar-refractivity contribution in [2.45, 2.75) is 45.6 Å². The molecule has 1 fully saturated rings. The molecule has 0 radical (unpaired) electrons. The summed E-state index contributed by atoms with van der Waals surface area (Å²) in [6.07, 6.45) is 4.28. The summed E-state index contributed by atoms with van der Waals surface area (Å²) in [7, 11) is 0. The number of hydrogen-bond donors (Lipinski definition) is 1. The first-order valence-electron chi connectivity index (χ1n) is 6.88. The van der Waals surface area contributed by atoms with Gasteiger partial charge in [-0.1, -0.05) is 20.8 Å². The Labute approximate surface area is 109 Å².